The summed E-state index contributed by atoms with van der Waals surface area (Å²) in [7, 11) is 0. The quantitative estimate of drug-likeness (QED) is 0.424. The Morgan fingerprint density at radius 2 is 2.22 bits per heavy atom. The van der Waals surface area contributed by atoms with E-state index in [9.17, 15) is 14.7 Å². The monoisotopic (exact) mass is 376 g/mol. The van der Waals surface area contributed by atoms with Crippen molar-refractivity contribution < 1.29 is 34.0 Å². The van der Waals surface area contributed by atoms with Gasteiger partial charge in [-0.25, -0.2) is 9.59 Å². The number of ether oxygens (including phenoxy) is 3. The fourth-order valence-electron chi connectivity index (χ4n) is 5.13. The van der Waals surface area contributed by atoms with Crippen LogP contribution in [0.2, 0.25) is 0 Å². The third kappa shape index (κ3) is 2.68. The van der Waals surface area contributed by atoms with Gasteiger partial charge in [-0.2, -0.15) is 0 Å². The molecule has 27 heavy (non-hydrogen) atoms. The number of hydrogen-bond acceptors (Lipinski definition) is 7. The molecule has 0 spiro atoms. The maximum atomic E-state index is 12.4. The Hall–Kier alpha value is -1.96. The van der Waals surface area contributed by atoms with Gasteiger partial charge >= 0.3 is 11.9 Å². The zero-order chi connectivity index (χ0) is 19.5. The molecular weight excluding hydrogens is 352 g/mol. The summed E-state index contributed by atoms with van der Waals surface area (Å²) < 4.78 is 17.1. The van der Waals surface area contributed by atoms with Crippen LogP contribution in [0.25, 0.3) is 0 Å². The maximum absolute atomic E-state index is 12.4. The largest absolute Gasteiger partial charge is 0.458 e. The lowest BCUT2D eigenvalue weighted by Crippen LogP contribution is -2.44. The van der Waals surface area contributed by atoms with Crippen molar-refractivity contribution in [2.24, 2.45) is 17.8 Å². The van der Waals surface area contributed by atoms with E-state index in [-0.39, 0.29) is 48.7 Å². The molecule has 0 aromatic heterocycles. The van der Waals surface area contributed by atoms with Crippen LogP contribution in [0.3, 0.4) is 0 Å². The fraction of sp³-hybridized carbons (Fsp3) is 0.600. The first-order valence-electron chi connectivity index (χ1n) is 9.17. The standard InChI is InChI=1S/C20H24O7/c1-9(4-5-21)18(22)26-13-7-20(24)8-25-12-6-10(2)14(16(12)20)17-15(13)11(3)19(23)27-17/h4,6,12-17,21,24H,3,5,7-8H2,1-2H3/b9-4+/t12-,13-,14+,15-,16-,17-,20+/m1/s1. The minimum Gasteiger partial charge on any atom is -0.458 e. The van der Waals surface area contributed by atoms with E-state index in [1.54, 1.807) is 6.92 Å². The summed E-state index contributed by atoms with van der Waals surface area (Å²) in [5.41, 5.74) is 0.351. The second-order valence-corrected chi connectivity index (χ2v) is 7.98. The Morgan fingerprint density at radius 3 is 2.93 bits per heavy atom. The fourth-order valence-corrected chi connectivity index (χ4v) is 5.13. The van der Waals surface area contributed by atoms with Crippen molar-refractivity contribution in [3.05, 3.63) is 35.5 Å². The number of esters is 2. The van der Waals surface area contributed by atoms with Gasteiger partial charge in [0.1, 0.15) is 12.2 Å². The van der Waals surface area contributed by atoms with Crippen molar-refractivity contribution in [3.8, 4) is 0 Å². The van der Waals surface area contributed by atoms with Gasteiger partial charge in [0.05, 0.1) is 30.8 Å². The number of fused-ring (bicyclic) bond motifs is 2. The van der Waals surface area contributed by atoms with Crippen molar-refractivity contribution in [3.63, 3.8) is 0 Å². The van der Waals surface area contributed by atoms with Crippen molar-refractivity contribution in [2.45, 2.75) is 44.2 Å². The summed E-state index contributed by atoms with van der Waals surface area (Å²) in [5, 5.41) is 20.4. The molecule has 0 amide bonds. The number of carbonyl (C=O) groups is 2. The Bertz CT molecular complexity index is 766. The average molecular weight is 376 g/mol. The summed E-state index contributed by atoms with van der Waals surface area (Å²) in [5.74, 6) is -2.06. The van der Waals surface area contributed by atoms with Gasteiger partial charge in [0, 0.05) is 29.4 Å². The van der Waals surface area contributed by atoms with Crippen LogP contribution >= 0.6 is 0 Å². The summed E-state index contributed by atoms with van der Waals surface area (Å²) >= 11 is 0. The molecule has 0 aromatic rings. The van der Waals surface area contributed by atoms with Gasteiger partial charge in [0.15, 0.2) is 0 Å². The van der Waals surface area contributed by atoms with Crippen LogP contribution in [0, 0.1) is 17.8 Å². The third-order valence-corrected chi connectivity index (χ3v) is 6.39. The van der Waals surface area contributed by atoms with Crippen LogP contribution in [0.1, 0.15) is 20.3 Å². The van der Waals surface area contributed by atoms with E-state index < -0.39 is 35.7 Å². The van der Waals surface area contributed by atoms with E-state index in [1.165, 1.54) is 6.08 Å². The SMILES string of the molecule is C=C1C(=O)O[C@@H]2[C@H]3C(C)=C[C@H]4OC[C@@](O)(C[C@@H](OC(=O)/C(C)=C/CO)[C@@H]12)[C@@H]34. The van der Waals surface area contributed by atoms with Crippen LogP contribution in [-0.2, 0) is 23.8 Å². The molecule has 4 aliphatic rings. The van der Waals surface area contributed by atoms with Gasteiger partial charge in [0.25, 0.3) is 0 Å². The van der Waals surface area contributed by atoms with Gasteiger partial charge in [0.2, 0.25) is 0 Å². The first-order valence-corrected chi connectivity index (χ1v) is 9.17. The average Bonchev–Trinajstić information content (AvgIpc) is 3.17. The molecule has 0 unspecified atom stereocenters. The van der Waals surface area contributed by atoms with E-state index in [4.69, 9.17) is 19.3 Å². The van der Waals surface area contributed by atoms with E-state index in [2.05, 4.69) is 6.58 Å². The van der Waals surface area contributed by atoms with E-state index in [0.29, 0.717) is 0 Å². The van der Waals surface area contributed by atoms with E-state index in [0.717, 1.165) is 5.57 Å². The topological polar surface area (TPSA) is 102 Å². The van der Waals surface area contributed by atoms with E-state index in [1.807, 2.05) is 13.0 Å². The molecule has 2 aliphatic carbocycles. The van der Waals surface area contributed by atoms with Crippen molar-refractivity contribution >= 4 is 11.9 Å². The predicted molar refractivity (Wildman–Crippen MR) is 93.3 cm³/mol. The highest BCUT2D eigenvalue weighted by molar-refractivity contribution is 5.92. The molecule has 2 saturated heterocycles. The molecule has 2 aliphatic heterocycles. The molecule has 7 heteroatoms. The first-order chi connectivity index (χ1) is 12.8. The highest BCUT2D eigenvalue weighted by Gasteiger charge is 2.65. The maximum Gasteiger partial charge on any atom is 0.334 e. The minimum atomic E-state index is -1.18. The highest BCUT2D eigenvalue weighted by atomic mass is 16.6. The lowest BCUT2D eigenvalue weighted by Gasteiger charge is -2.32. The molecule has 4 rings (SSSR count). The van der Waals surface area contributed by atoms with Crippen LogP contribution in [0.15, 0.2) is 35.5 Å². The van der Waals surface area contributed by atoms with Gasteiger partial charge in [-0.15, -0.1) is 0 Å². The zero-order valence-corrected chi connectivity index (χ0v) is 15.4. The lowest BCUT2D eigenvalue weighted by atomic mass is 9.76. The summed E-state index contributed by atoms with van der Waals surface area (Å²) in [6.07, 6.45) is 1.92. The van der Waals surface area contributed by atoms with Crippen LogP contribution < -0.4 is 0 Å². The normalized spacial score (nSPS) is 43.0. The Kier molecular flexibility index (Phi) is 4.29. The highest BCUT2D eigenvalue weighted by Crippen LogP contribution is 2.56. The summed E-state index contributed by atoms with van der Waals surface area (Å²) in [6, 6.07) is 0. The molecule has 1 saturated carbocycles. The molecule has 0 aromatic carbocycles. The lowest BCUT2D eigenvalue weighted by molar-refractivity contribution is -0.150. The van der Waals surface area contributed by atoms with Gasteiger partial charge in [-0.3, -0.25) is 0 Å². The second kappa shape index (κ2) is 6.29. The number of carbonyl (C=O) groups excluding carboxylic acids is 2. The van der Waals surface area contributed by atoms with Crippen LogP contribution in [0.5, 0.6) is 0 Å². The smallest absolute Gasteiger partial charge is 0.334 e. The molecule has 7 nitrogen and oxygen atoms in total. The number of hydrogen-bond donors (Lipinski definition) is 2. The molecule has 146 valence electrons. The molecule has 2 N–H and O–H groups in total. The molecule has 7 atom stereocenters. The van der Waals surface area contributed by atoms with E-state index >= 15 is 0 Å². The molecule has 2 heterocycles. The minimum absolute atomic E-state index is 0.140. The zero-order valence-electron chi connectivity index (χ0n) is 15.4. The molecule has 0 radical (unpaired) electrons. The van der Waals surface area contributed by atoms with Crippen molar-refractivity contribution in [1.82, 2.24) is 0 Å². The van der Waals surface area contributed by atoms with Gasteiger partial charge in [-0.05, 0) is 19.9 Å². The first kappa shape index (κ1) is 18.4. The summed E-state index contributed by atoms with van der Waals surface area (Å²) in [6.45, 7) is 7.22. The number of rotatable bonds is 3. The van der Waals surface area contributed by atoms with Crippen LogP contribution in [0.4, 0.5) is 0 Å². The second-order valence-electron chi connectivity index (χ2n) is 7.98. The van der Waals surface area contributed by atoms with Crippen LogP contribution in [-0.4, -0.2) is 59.3 Å². The molecule has 3 fully saturated rings. The summed E-state index contributed by atoms with van der Waals surface area (Å²) in [4.78, 5) is 24.7. The Labute approximate surface area is 157 Å². The number of aliphatic hydroxyl groups excluding tert-OH is 1. The van der Waals surface area contributed by atoms with Gasteiger partial charge < -0.3 is 24.4 Å². The molecule has 0 bridgehead atoms. The Morgan fingerprint density at radius 1 is 1.48 bits per heavy atom. The van der Waals surface area contributed by atoms with Crippen molar-refractivity contribution in [2.75, 3.05) is 13.2 Å². The van der Waals surface area contributed by atoms with Gasteiger partial charge in [-0.1, -0.05) is 18.2 Å². The number of aliphatic hydroxyl groups is 2. The third-order valence-electron chi connectivity index (χ3n) is 6.39. The predicted octanol–water partition coefficient (Wildman–Crippen LogP) is 0.660. The van der Waals surface area contributed by atoms with Crippen molar-refractivity contribution in [1.29, 1.82) is 0 Å². The molecular formula is C20H24O7. The Balaban J connectivity index is 1.72.